The van der Waals surface area contributed by atoms with Gasteiger partial charge in [0, 0.05) is 11.5 Å². The molecule has 0 rings (SSSR count). The molecule has 0 unspecified atom stereocenters. The van der Waals surface area contributed by atoms with Crippen LogP contribution in [-0.2, 0) is 14.3 Å². The molecule has 106 valence electrons. The second-order valence-corrected chi connectivity index (χ2v) is 4.61. The van der Waals surface area contributed by atoms with Gasteiger partial charge >= 0.3 is 17.9 Å². The summed E-state index contributed by atoms with van der Waals surface area (Å²) in [5, 5.41) is 0. The van der Waals surface area contributed by atoms with Crippen LogP contribution in [-0.4, -0.2) is 35.5 Å². The van der Waals surface area contributed by atoms with E-state index in [2.05, 4.69) is 9.53 Å². The molecule has 0 aliphatic rings. The van der Waals surface area contributed by atoms with Gasteiger partial charge in [0.2, 0.25) is 5.78 Å². The molecule has 0 amide bonds. The number of hydrogen-bond acceptors (Lipinski definition) is 3. The average molecular weight is 278 g/mol. The number of carbonyl (C=O) groups is 2. The summed E-state index contributed by atoms with van der Waals surface area (Å²) in [6, 6.07) is 0. The molecular weight excluding hydrogens is 265 g/mol. The van der Waals surface area contributed by atoms with E-state index in [0.717, 1.165) is 7.11 Å². The van der Waals surface area contributed by atoms with Crippen molar-refractivity contribution in [3.8, 4) is 0 Å². The molecule has 0 radical (unpaired) electrons. The quantitative estimate of drug-likeness (QED) is 0.260. The molecule has 0 fully saturated rings. The number of carbonyl (C=O) groups excluding carboxylic acids is 2. The lowest BCUT2D eigenvalue weighted by Gasteiger charge is -2.15. The zero-order valence-corrected chi connectivity index (χ0v) is 10.8. The number of nitrogens with zero attached hydrogens (tertiary/aromatic N) is 2. The molecule has 19 heavy (non-hydrogen) atoms. The molecule has 0 saturated heterocycles. The summed E-state index contributed by atoms with van der Waals surface area (Å²) in [4.78, 5) is 25.1. The first-order valence-electron chi connectivity index (χ1n) is 5.09. The highest BCUT2D eigenvalue weighted by molar-refractivity contribution is 6.46. The van der Waals surface area contributed by atoms with Gasteiger partial charge in [0.05, 0.1) is 7.11 Å². The number of halogens is 3. The number of esters is 1. The Balaban J connectivity index is 5.90. The molecule has 8 heteroatoms. The Bertz CT molecular complexity index is 467. The molecule has 0 aromatic rings. The molecule has 0 heterocycles. The van der Waals surface area contributed by atoms with Crippen LogP contribution in [0.25, 0.3) is 5.53 Å². The molecule has 0 N–H and O–H groups in total. The molecule has 0 aromatic heterocycles. The van der Waals surface area contributed by atoms with Gasteiger partial charge in [-0.2, -0.15) is 18.0 Å². The maximum atomic E-state index is 12.8. The molecule has 0 bridgehead atoms. The van der Waals surface area contributed by atoms with Crippen molar-refractivity contribution in [1.82, 2.24) is 0 Å². The number of ketones is 1. The summed E-state index contributed by atoms with van der Waals surface area (Å²) in [5.41, 5.74) is 4.56. The summed E-state index contributed by atoms with van der Waals surface area (Å²) in [5.74, 6) is -2.36. The fraction of sp³-hybridized carbons (Fsp3) is 0.545. The van der Waals surface area contributed by atoms with E-state index in [-0.39, 0.29) is 6.08 Å². The lowest BCUT2D eigenvalue weighted by atomic mass is 9.85. The SMILES string of the molecule is COC(=O)/C=C(/C(=[N+]=[N-])C(=O)C(C)(C)C)C(F)(F)F. The Morgan fingerprint density at radius 2 is 1.68 bits per heavy atom. The van der Waals surface area contributed by atoms with E-state index in [1.165, 1.54) is 20.8 Å². The normalized spacial score (nSPS) is 12.7. The van der Waals surface area contributed by atoms with E-state index in [0.29, 0.717) is 0 Å². The monoisotopic (exact) mass is 278 g/mol. The highest BCUT2D eigenvalue weighted by Crippen LogP contribution is 2.29. The summed E-state index contributed by atoms with van der Waals surface area (Å²) in [7, 11) is 0.883. The predicted octanol–water partition coefficient (Wildman–Crippen LogP) is 1.93. The van der Waals surface area contributed by atoms with Crippen molar-refractivity contribution in [2.75, 3.05) is 7.11 Å². The van der Waals surface area contributed by atoms with Crippen molar-refractivity contribution in [1.29, 1.82) is 0 Å². The van der Waals surface area contributed by atoms with Gasteiger partial charge in [-0.3, -0.25) is 4.79 Å². The number of rotatable bonds is 3. The number of Topliss-reactive ketones (excluding diaryl/α,β-unsaturated/α-hetero) is 1. The van der Waals surface area contributed by atoms with E-state index in [4.69, 9.17) is 5.53 Å². The minimum Gasteiger partial charge on any atom is -0.466 e. The fourth-order valence-electron chi connectivity index (χ4n) is 1.04. The molecule has 0 spiro atoms. The third-order valence-corrected chi connectivity index (χ3v) is 2.02. The van der Waals surface area contributed by atoms with Crippen LogP contribution in [0.15, 0.2) is 11.6 Å². The van der Waals surface area contributed by atoms with Crippen molar-refractivity contribution >= 4 is 17.5 Å². The first kappa shape index (κ1) is 17.1. The van der Waals surface area contributed by atoms with Gasteiger partial charge in [-0.25, -0.2) is 4.79 Å². The summed E-state index contributed by atoms with van der Waals surface area (Å²) in [6.45, 7) is 4.06. The van der Waals surface area contributed by atoms with Crippen molar-refractivity contribution in [3.05, 3.63) is 17.2 Å². The predicted molar refractivity (Wildman–Crippen MR) is 59.2 cm³/mol. The third kappa shape index (κ3) is 4.67. The smallest absolute Gasteiger partial charge is 0.424 e. The standard InChI is InChI=1S/C11H13F3N2O3/c1-10(2,3)9(18)8(16-15)6(11(12,13)14)5-7(17)19-4/h5H,1-4H3/b6-5-. The van der Waals surface area contributed by atoms with Crippen molar-refractivity contribution in [2.45, 2.75) is 26.9 Å². The molecule has 0 aliphatic carbocycles. The maximum absolute atomic E-state index is 12.8. The van der Waals surface area contributed by atoms with Crippen LogP contribution in [0, 0.1) is 5.41 Å². The Morgan fingerprint density at radius 1 is 1.21 bits per heavy atom. The molecule has 0 atom stereocenters. The minimum absolute atomic E-state index is 0.0681. The highest BCUT2D eigenvalue weighted by atomic mass is 19.4. The zero-order valence-electron chi connectivity index (χ0n) is 10.8. The van der Waals surface area contributed by atoms with Gasteiger partial charge in [0.15, 0.2) is 5.57 Å². The number of alkyl halides is 3. The third-order valence-electron chi connectivity index (χ3n) is 2.02. The first-order chi connectivity index (χ1) is 8.45. The number of allylic oxidation sites excluding steroid dienone is 1. The lowest BCUT2D eigenvalue weighted by molar-refractivity contribution is -0.136. The Hall–Kier alpha value is -1.95. The Labute approximate surface area is 107 Å². The van der Waals surface area contributed by atoms with Crippen LogP contribution in [0.4, 0.5) is 13.2 Å². The van der Waals surface area contributed by atoms with Crippen molar-refractivity contribution in [2.24, 2.45) is 5.41 Å². The van der Waals surface area contributed by atoms with E-state index < -0.39 is 34.6 Å². The van der Waals surface area contributed by atoms with Crippen LogP contribution < -0.4 is 0 Å². The molecule has 0 aliphatic heterocycles. The number of methoxy groups -OCH3 is 1. The van der Waals surface area contributed by atoms with Crippen LogP contribution in [0.1, 0.15) is 20.8 Å². The summed E-state index contributed by atoms with van der Waals surface area (Å²) in [6.07, 6.45) is -4.96. The van der Waals surface area contributed by atoms with E-state index in [1.54, 1.807) is 0 Å². The number of hydrogen-bond donors (Lipinski definition) is 0. The lowest BCUT2D eigenvalue weighted by Crippen LogP contribution is -2.35. The zero-order chi connectivity index (χ0) is 15.4. The largest absolute Gasteiger partial charge is 0.466 e. The van der Waals surface area contributed by atoms with Gasteiger partial charge in [0.25, 0.3) is 0 Å². The van der Waals surface area contributed by atoms with Crippen LogP contribution >= 0.6 is 0 Å². The van der Waals surface area contributed by atoms with E-state index in [1.807, 2.05) is 0 Å². The Morgan fingerprint density at radius 3 is 1.95 bits per heavy atom. The topological polar surface area (TPSA) is 79.8 Å². The van der Waals surface area contributed by atoms with Crippen molar-refractivity contribution < 1.29 is 32.3 Å². The van der Waals surface area contributed by atoms with Gasteiger partial charge < -0.3 is 10.3 Å². The Kier molecular flexibility index (Phi) is 5.20. The van der Waals surface area contributed by atoms with Crippen molar-refractivity contribution in [3.63, 3.8) is 0 Å². The second-order valence-electron chi connectivity index (χ2n) is 4.61. The molecule has 5 nitrogen and oxygen atoms in total. The fourth-order valence-corrected chi connectivity index (χ4v) is 1.04. The second kappa shape index (κ2) is 5.79. The van der Waals surface area contributed by atoms with Gasteiger partial charge in [-0.05, 0) is 0 Å². The highest BCUT2D eigenvalue weighted by Gasteiger charge is 2.48. The molecule has 0 aromatic carbocycles. The van der Waals surface area contributed by atoms with Crippen LogP contribution in [0.5, 0.6) is 0 Å². The molecule has 0 saturated carbocycles. The minimum atomic E-state index is -5.03. The van der Waals surface area contributed by atoms with Crippen LogP contribution in [0.2, 0.25) is 0 Å². The first-order valence-corrected chi connectivity index (χ1v) is 5.09. The maximum Gasteiger partial charge on any atom is 0.424 e. The summed E-state index contributed by atoms with van der Waals surface area (Å²) < 4.78 is 42.4. The van der Waals surface area contributed by atoms with Gasteiger partial charge in [0.1, 0.15) is 0 Å². The summed E-state index contributed by atoms with van der Waals surface area (Å²) >= 11 is 0. The van der Waals surface area contributed by atoms with Crippen LogP contribution in [0.3, 0.4) is 0 Å². The number of ether oxygens (including phenoxy) is 1. The van der Waals surface area contributed by atoms with Gasteiger partial charge in [-0.1, -0.05) is 20.8 Å². The van der Waals surface area contributed by atoms with Gasteiger partial charge in [-0.15, -0.1) is 0 Å². The molecular formula is C11H13F3N2O3. The van der Waals surface area contributed by atoms with E-state index >= 15 is 0 Å². The van der Waals surface area contributed by atoms with E-state index in [9.17, 15) is 22.8 Å². The average Bonchev–Trinajstić information content (AvgIpc) is 2.25.